The Hall–Kier alpha value is -3.62. The van der Waals surface area contributed by atoms with Crippen LogP contribution in [0.15, 0.2) is 64.6 Å². The molecule has 9 heteroatoms. The molecule has 0 atom stereocenters. The van der Waals surface area contributed by atoms with Gasteiger partial charge in [0.25, 0.3) is 0 Å². The first kappa shape index (κ1) is 21.7. The molecule has 0 heterocycles. The molecule has 2 aromatic carbocycles. The molecule has 0 spiro atoms. The number of hydrogen-bond acceptors (Lipinski definition) is 4. The summed E-state index contributed by atoms with van der Waals surface area (Å²) in [6, 6.07) is 12.0. The molecule has 0 fully saturated rings. The van der Waals surface area contributed by atoms with E-state index in [-0.39, 0.29) is 11.6 Å². The van der Waals surface area contributed by atoms with Gasteiger partial charge in [-0.15, -0.1) is 13.2 Å². The van der Waals surface area contributed by atoms with Gasteiger partial charge >= 0.3 is 12.3 Å². The van der Waals surface area contributed by atoms with Gasteiger partial charge in [0.15, 0.2) is 0 Å². The molecule has 2 N–H and O–H groups in total. The quantitative estimate of drug-likeness (QED) is 0.323. The van der Waals surface area contributed by atoms with Crippen LogP contribution < -0.4 is 10.5 Å². The highest BCUT2D eigenvalue weighted by Gasteiger charge is 2.30. The van der Waals surface area contributed by atoms with Crippen LogP contribution >= 0.6 is 0 Å². The lowest BCUT2D eigenvalue weighted by Crippen LogP contribution is -2.16. The molecule has 0 aromatic heterocycles. The third-order valence-corrected chi connectivity index (χ3v) is 3.38. The largest absolute Gasteiger partial charge is 0.573 e. The summed E-state index contributed by atoms with van der Waals surface area (Å²) in [6.45, 7) is 2.03. The molecule has 0 amide bonds. The van der Waals surface area contributed by atoms with E-state index in [1.807, 2.05) is 0 Å². The molecule has 29 heavy (non-hydrogen) atoms. The molecule has 0 bridgehead atoms. The topological polar surface area (TPSA) is 86.3 Å². The Balaban J connectivity index is 1.97. The second-order valence-corrected chi connectivity index (χ2v) is 5.51. The summed E-state index contributed by atoms with van der Waals surface area (Å²) in [5.41, 5.74) is 7.69. The molecule has 6 nitrogen and oxygen atoms in total. The number of amidine groups is 1. The average Bonchev–Trinajstić information content (AvgIpc) is 2.67. The minimum absolute atomic E-state index is 0.201. The number of benzene rings is 2. The van der Waals surface area contributed by atoms with Crippen LogP contribution in [0.4, 0.5) is 18.9 Å². The van der Waals surface area contributed by atoms with E-state index in [1.54, 1.807) is 37.3 Å². The number of alkyl halides is 3. The second-order valence-electron chi connectivity index (χ2n) is 5.51. The lowest BCUT2D eigenvalue weighted by Gasteiger charge is -2.08. The lowest BCUT2D eigenvalue weighted by molar-refractivity contribution is -0.274. The fourth-order valence-electron chi connectivity index (χ4n) is 2.09. The SMILES string of the molecule is CCOC(=O)/C=C/c1ccc(C(N)=NC=Nc2ccc(OC(F)(F)F)cc2)cc1. The van der Waals surface area contributed by atoms with Gasteiger partial charge in [-0.1, -0.05) is 24.3 Å². The summed E-state index contributed by atoms with van der Waals surface area (Å²) < 4.78 is 44.9. The number of nitrogens with zero attached hydrogens (tertiary/aromatic N) is 2. The van der Waals surface area contributed by atoms with E-state index in [0.29, 0.717) is 17.9 Å². The van der Waals surface area contributed by atoms with E-state index in [0.717, 1.165) is 17.7 Å². The molecule has 0 radical (unpaired) electrons. The Labute approximate surface area is 165 Å². The van der Waals surface area contributed by atoms with Crippen LogP contribution in [-0.4, -0.2) is 31.1 Å². The summed E-state index contributed by atoms with van der Waals surface area (Å²) in [5.74, 6) is -0.560. The highest BCUT2D eigenvalue weighted by molar-refractivity contribution is 6.01. The Kier molecular flexibility index (Phi) is 7.53. The average molecular weight is 405 g/mol. The van der Waals surface area contributed by atoms with E-state index in [1.165, 1.54) is 24.5 Å². The van der Waals surface area contributed by atoms with Crippen molar-refractivity contribution < 1.29 is 27.4 Å². The zero-order valence-electron chi connectivity index (χ0n) is 15.4. The number of hydrogen-bond donors (Lipinski definition) is 1. The third-order valence-electron chi connectivity index (χ3n) is 3.38. The zero-order chi connectivity index (χ0) is 21.3. The second kappa shape index (κ2) is 10.1. The number of carbonyl (C=O) groups is 1. The Morgan fingerprint density at radius 1 is 1.10 bits per heavy atom. The number of ether oxygens (including phenoxy) is 2. The van der Waals surface area contributed by atoms with Crippen molar-refractivity contribution in [2.24, 2.45) is 15.7 Å². The molecule has 2 aromatic rings. The van der Waals surface area contributed by atoms with Gasteiger partial charge in [0, 0.05) is 11.6 Å². The van der Waals surface area contributed by atoms with Crippen molar-refractivity contribution in [2.75, 3.05) is 6.61 Å². The molecule has 152 valence electrons. The zero-order valence-corrected chi connectivity index (χ0v) is 15.4. The van der Waals surface area contributed by atoms with Gasteiger partial charge in [-0.05, 0) is 42.8 Å². The number of halogens is 3. The van der Waals surface area contributed by atoms with E-state index in [2.05, 4.69) is 14.7 Å². The summed E-state index contributed by atoms with van der Waals surface area (Å²) in [6.07, 6.45) is -0.604. The van der Waals surface area contributed by atoms with Gasteiger partial charge < -0.3 is 15.2 Å². The molecule has 0 aliphatic heterocycles. The van der Waals surface area contributed by atoms with Crippen molar-refractivity contribution in [3.8, 4) is 5.75 Å². The van der Waals surface area contributed by atoms with Gasteiger partial charge in [0.2, 0.25) is 0 Å². The first-order valence-corrected chi connectivity index (χ1v) is 8.43. The molecule has 0 saturated carbocycles. The normalized spacial score (nSPS) is 12.5. The standard InChI is InChI=1S/C20H18F3N3O3/c1-2-28-18(27)12-5-14-3-6-15(7-4-14)19(24)26-13-25-16-8-10-17(11-9-16)29-20(21,22)23/h3-13H,2H2,1H3,(H2,24,25,26)/b12-5+. The number of rotatable bonds is 7. The maximum atomic E-state index is 12.1. The monoisotopic (exact) mass is 405 g/mol. The molecule has 0 unspecified atom stereocenters. The molecule has 2 rings (SSSR count). The van der Waals surface area contributed by atoms with Crippen LogP contribution in [-0.2, 0) is 9.53 Å². The van der Waals surface area contributed by atoms with Crippen LogP contribution in [0.3, 0.4) is 0 Å². The summed E-state index contributed by atoms with van der Waals surface area (Å²) >= 11 is 0. The fourth-order valence-corrected chi connectivity index (χ4v) is 2.09. The van der Waals surface area contributed by atoms with E-state index < -0.39 is 12.3 Å². The first-order valence-electron chi connectivity index (χ1n) is 8.43. The van der Waals surface area contributed by atoms with Crippen LogP contribution in [0, 0.1) is 0 Å². The maximum Gasteiger partial charge on any atom is 0.573 e. The highest BCUT2D eigenvalue weighted by Crippen LogP contribution is 2.24. The van der Waals surface area contributed by atoms with Gasteiger partial charge in [-0.3, -0.25) is 0 Å². The maximum absolute atomic E-state index is 12.1. The van der Waals surface area contributed by atoms with Crippen molar-refractivity contribution in [2.45, 2.75) is 13.3 Å². The predicted molar refractivity (Wildman–Crippen MR) is 104 cm³/mol. The Bertz CT molecular complexity index is 903. The first-order chi connectivity index (χ1) is 13.8. The van der Waals surface area contributed by atoms with Crippen molar-refractivity contribution in [1.82, 2.24) is 0 Å². The van der Waals surface area contributed by atoms with Crippen LogP contribution in [0.1, 0.15) is 18.1 Å². The minimum Gasteiger partial charge on any atom is -0.463 e. The highest BCUT2D eigenvalue weighted by atomic mass is 19.4. The summed E-state index contributed by atoms with van der Waals surface area (Å²) in [4.78, 5) is 19.3. The summed E-state index contributed by atoms with van der Waals surface area (Å²) in [5, 5.41) is 0. The molecule has 0 aliphatic rings. The smallest absolute Gasteiger partial charge is 0.463 e. The number of nitrogens with two attached hydrogens (primary N) is 1. The Morgan fingerprint density at radius 3 is 2.34 bits per heavy atom. The fraction of sp³-hybridized carbons (Fsp3) is 0.150. The minimum atomic E-state index is -4.74. The van der Waals surface area contributed by atoms with Gasteiger partial charge in [-0.2, -0.15) is 0 Å². The van der Waals surface area contributed by atoms with Crippen LogP contribution in [0.5, 0.6) is 5.75 Å². The van der Waals surface area contributed by atoms with E-state index in [4.69, 9.17) is 10.5 Å². The third kappa shape index (κ3) is 7.87. The van der Waals surface area contributed by atoms with Crippen molar-refractivity contribution in [1.29, 1.82) is 0 Å². The number of esters is 1. The van der Waals surface area contributed by atoms with Crippen molar-refractivity contribution >= 4 is 29.9 Å². The number of carbonyl (C=O) groups excluding carboxylic acids is 1. The van der Waals surface area contributed by atoms with E-state index >= 15 is 0 Å². The molecule has 0 saturated heterocycles. The van der Waals surface area contributed by atoms with Gasteiger partial charge in [0.05, 0.1) is 12.3 Å². The van der Waals surface area contributed by atoms with Gasteiger partial charge in [0.1, 0.15) is 17.9 Å². The van der Waals surface area contributed by atoms with Crippen molar-refractivity contribution in [3.05, 3.63) is 65.7 Å². The van der Waals surface area contributed by atoms with Crippen LogP contribution in [0.25, 0.3) is 6.08 Å². The molecular formula is C20H18F3N3O3. The predicted octanol–water partition coefficient (Wildman–Crippen LogP) is 4.23. The molecular weight excluding hydrogens is 387 g/mol. The summed E-state index contributed by atoms with van der Waals surface area (Å²) in [7, 11) is 0. The van der Waals surface area contributed by atoms with E-state index in [9.17, 15) is 18.0 Å². The Morgan fingerprint density at radius 2 is 1.76 bits per heavy atom. The van der Waals surface area contributed by atoms with Crippen LogP contribution in [0.2, 0.25) is 0 Å². The van der Waals surface area contributed by atoms with Crippen molar-refractivity contribution in [3.63, 3.8) is 0 Å². The number of aliphatic imine (C=N–C) groups is 2. The van der Waals surface area contributed by atoms with Gasteiger partial charge in [-0.25, -0.2) is 14.8 Å². The molecule has 0 aliphatic carbocycles. The lowest BCUT2D eigenvalue weighted by atomic mass is 10.1.